The molecule has 0 radical (unpaired) electrons. The number of aromatic nitrogens is 2. The Labute approximate surface area is 183 Å². The van der Waals surface area contributed by atoms with E-state index in [0.717, 1.165) is 48.2 Å². The number of hydrogen-bond donors (Lipinski definition) is 0. The highest BCUT2D eigenvalue weighted by atomic mass is 19.1. The summed E-state index contributed by atoms with van der Waals surface area (Å²) in [6, 6.07) is 11.6. The Hall–Kier alpha value is -3.08. The fraction of sp³-hybridized carbons (Fsp3) is 0.346. The predicted octanol–water partition coefficient (Wildman–Crippen LogP) is 6.58. The second-order valence-electron chi connectivity index (χ2n) is 7.69. The molecule has 0 unspecified atom stereocenters. The number of unbranched alkanes of at least 4 members (excludes halogenated alkanes) is 3. The van der Waals surface area contributed by atoms with E-state index in [1.54, 1.807) is 36.5 Å². The molecule has 0 atom stereocenters. The van der Waals surface area contributed by atoms with Crippen LogP contribution in [0.2, 0.25) is 0 Å². The lowest BCUT2D eigenvalue weighted by atomic mass is 10.1. The van der Waals surface area contributed by atoms with Crippen molar-refractivity contribution >= 4 is 5.97 Å². The third-order valence-corrected chi connectivity index (χ3v) is 5.15. The van der Waals surface area contributed by atoms with Gasteiger partial charge in [0.25, 0.3) is 0 Å². The summed E-state index contributed by atoms with van der Waals surface area (Å²) in [6.45, 7) is 4.23. The molecule has 0 N–H and O–H groups in total. The van der Waals surface area contributed by atoms with Gasteiger partial charge >= 0.3 is 5.97 Å². The van der Waals surface area contributed by atoms with Crippen LogP contribution in [0.15, 0.2) is 54.9 Å². The average Bonchev–Trinajstić information content (AvgIpc) is 2.79. The lowest BCUT2D eigenvalue weighted by Crippen LogP contribution is -2.09. The number of ether oxygens (including phenoxy) is 1. The van der Waals surface area contributed by atoms with Gasteiger partial charge in [-0.15, -0.1) is 0 Å². The molecule has 0 saturated heterocycles. The molecule has 0 amide bonds. The molecular weight excluding hydrogens is 391 g/mol. The molecule has 0 saturated carbocycles. The Morgan fingerprint density at radius 1 is 0.903 bits per heavy atom. The minimum Gasteiger partial charge on any atom is -0.420 e. The van der Waals surface area contributed by atoms with Gasteiger partial charge in [0, 0.05) is 11.8 Å². The number of esters is 1. The van der Waals surface area contributed by atoms with E-state index in [-0.39, 0.29) is 5.75 Å². The zero-order chi connectivity index (χ0) is 22.1. The van der Waals surface area contributed by atoms with Crippen molar-refractivity contribution in [3.63, 3.8) is 0 Å². The first-order chi connectivity index (χ1) is 15.1. The van der Waals surface area contributed by atoms with Gasteiger partial charge in [-0.1, -0.05) is 57.7 Å². The van der Waals surface area contributed by atoms with Crippen molar-refractivity contribution in [2.24, 2.45) is 0 Å². The lowest BCUT2D eigenvalue weighted by molar-refractivity contribution is 0.0728. The maximum atomic E-state index is 14.2. The number of halogens is 1. The number of aryl methyl sites for hydroxylation is 2. The van der Waals surface area contributed by atoms with Crippen molar-refractivity contribution in [3.8, 4) is 17.0 Å². The summed E-state index contributed by atoms with van der Waals surface area (Å²) in [5.74, 6) is -1.18. The topological polar surface area (TPSA) is 52.1 Å². The van der Waals surface area contributed by atoms with Crippen molar-refractivity contribution < 1.29 is 13.9 Å². The minimum absolute atomic E-state index is 0.0608. The van der Waals surface area contributed by atoms with Crippen LogP contribution in [0.5, 0.6) is 5.75 Å². The van der Waals surface area contributed by atoms with Gasteiger partial charge in [-0.2, -0.15) is 0 Å². The van der Waals surface area contributed by atoms with E-state index in [2.05, 4.69) is 16.9 Å². The van der Waals surface area contributed by atoms with Gasteiger partial charge in [0.1, 0.15) is 0 Å². The number of nitrogens with zero attached hydrogens (tertiary/aromatic N) is 2. The van der Waals surface area contributed by atoms with E-state index in [4.69, 9.17) is 4.74 Å². The van der Waals surface area contributed by atoms with Crippen molar-refractivity contribution in [2.45, 2.75) is 58.8 Å². The highest BCUT2D eigenvalue weighted by Crippen LogP contribution is 2.22. The first kappa shape index (κ1) is 22.6. The molecule has 0 bridgehead atoms. The van der Waals surface area contributed by atoms with Gasteiger partial charge in [0.05, 0.1) is 23.1 Å². The standard InChI is InChI=1S/C26H29FN2O2/c1-3-5-6-7-9-22-17-29-24(18-28-22)20-11-13-21(14-12-20)26(30)31-25-15-10-19(8-4-2)16-23(25)27/h10-18H,3-9H2,1-2H3. The average molecular weight is 421 g/mol. The molecule has 0 aliphatic rings. The Balaban J connectivity index is 1.61. The lowest BCUT2D eigenvalue weighted by Gasteiger charge is -2.08. The van der Waals surface area contributed by atoms with Gasteiger partial charge in [-0.25, -0.2) is 9.18 Å². The molecular formula is C26H29FN2O2. The SMILES string of the molecule is CCCCCCc1cnc(-c2ccc(C(=O)Oc3ccc(CCC)cc3F)cc2)cn1. The molecule has 31 heavy (non-hydrogen) atoms. The van der Waals surface area contributed by atoms with Crippen LogP contribution >= 0.6 is 0 Å². The molecule has 162 valence electrons. The Kier molecular flexibility index (Phi) is 8.27. The van der Waals surface area contributed by atoms with Crippen LogP contribution in [0, 0.1) is 5.82 Å². The van der Waals surface area contributed by atoms with E-state index >= 15 is 0 Å². The summed E-state index contributed by atoms with van der Waals surface area (Å²) < 4.78 is 19.4. The van der Waals surface area contributed by atoms with Crippen LogP contribution in [0.4, 0.5) is 4.39 Å². The maximum Gasteiger partial charge on any atom is 0.343 e. The van der Waals surface area contributed by atoms with Crippen molar-refractivity contribution in [3.05, 3.63) is 77.5 Å². The van der Waals surface area contributed by atoms with Crippen LogP contribution in [0.3, 0.4) is 0 Å². The molecule has 4 nitrogen and oxygen atoms in total. The summed E-state index contributed by atoms with van der Waals surface area (Å²) in [4.78, 5) is 21.4. The van der Waals surface area contributed by atoms with E-state index in [0.29, 0.717) is 5.56 Å². The smallest absolute Gasteiger partial charge is 0.343 e. The van der Waals surface area contributed by atoms with Crippen molar-refractivity contribution in [2.75, 3.05) is 0 Å². The summed E-state index contributed by atoms with van der Waals surface area (Å²) in [7, 11) is 0. The van der Waals surface area contributed by atoms with Gasteiger partial charge in [0.15, 0.2) is 11.6 Å². The molecule has 0 spiro atoms. The van der Waals surface area contributed by atoms with Gasteiger partial charge in [0.2, 0.25) is 0 Å². The van der Waals surface area contributed by atoms with Gasteiger partial charge in [-0.3, -0.25) is 9.97 Å². The third kappa shape index (κ3) is 6.45. The normalized spacial score (nSPS) is 10.8. The number of rotatable bonds is 10. The zero-order valence-corrected chi connectivity index (χ0v) is 18.2. The Morgan fingerprint density at radius 3 is 2.35 bits per heavy atom. The Bertz CT molecular complexity index is 985. The van der Waals surface area contributed by atoms with Gasteiger partial charge < -0.3 is 4.74 Å². The number of carbonyl (C=O) groups excluding carboxylic acids is 1. The predicted molar refractivity (Wildman–Crippen MR) is 121 cm³/mol. The molecule has 1 aromatic heterocycles. The zero-order valence-electron chi connectivity index (χ0n) is 18.2. The second kappa shape index (κ2) is 11.3. The van der Waals surface area contributed by atoms with Crippen LogP contribution in [0.1, 0.15) is 67.6 Å². The monoisotopic (exact) mass is 420 g/mol. The molecule has 0 aliphatic carbocycles. The number of hydrogen-bond acceptors (Lipinski definition) is 4. The molecule has 5 heteroatoms. The summed E-state index contributed by atoms with van der Waals surface area (Å²) in [5, 5.41) is 0. The fourth-order valence-electron chi connectivity index (χ4n) is 3.37. The summed E-state index contributed by atoms with van der Waals surface area (Å²) in [6.07, 6.45) is 11.0. The number of carbonyl (C=O) groups is 1. The van der Waals surface area contributed by atoms with Crippen molar-refractivity contribution in [1.29, 1.82) is 0 Å². The first-order valence-corrected chi connectivity index (χ1v) is 11.0. The fourth-order valence-corrected chi connectivity index (χ4v) is 3.37. The summed E-state index contributed by atoms with van der Waals surface area (Å²) >= 11 is 0. The van der Waals surface area contributed by atoms with E-state index in [1.165, 1.54) is 31.4 Å². The van der Waals surface area contributed by atoms with Crippen LogP contribution in [-0.4, -0.2) is 15.9 Å². The highest BCUT2D eigenvalue weighted by molar-refractivity contribution is 5.91. The van der Waals surface area contributed by atoms with Crippen LogP contribution in [-0.2, 0) is 12.8 Å². The quantitative estimate of drug-likeness (QED) is 0.211. The van der Waals surface area contributed by atoms with Gasteiger partial charge in [-0.05, 0) is 49.1 Å². The first-order valence-electron chi connectivity index (χ1n) is 11.0. The van der Waals surface area contributed by atoms with Crippen molar-refractivity contribution in [1.82, 2.24) is 9.97 Å². The second-order valence-corrected chi connectivity index (χ2v) is 7.69. The maximum absolute atomic E-state index is 14.2. The minimum atomic E-state index is -0.595. The molecule has 1 heterocycles. The molecule has 3 aromatic rings. The van der Waals surface area contributed by atoms with E-state index < -0.39 is 11.8 Å². The number of benzene rings is 2. The largest absolute Gasteiger partial charge is 0.420 e. The third-order valence-electron chi connectivity index (χ3n) is 5.15. The molecule has 3 rings (SSSR count). The summed E-state index contributed by atoms with van der Waals surface area (Å²) in [5.41, 5.74) is 3.83. The van der Waals surface area contributed by atoms with Crippen LogP contribution < -0.4 is 4.74 Å². The Morgan fingerprint density at radius 2 is 1.71 bits per heavy atom. The molecule has 0 aliphatic heterocycles. The molecule has 0 fully saturated rings. The molecule has 2 aromatic carbocycles. The highest BCUT2D eigenvalue weighted by Gasteiger charge is 2.13. The van der Waals surface area contributed by atoms with E-state index in [9.17, 15) is 9.18 Å². The van der Waals surface area contributed by atoms with E-state index in [1.807, 2.05) is 13.1 Å². The van der Waals surface area contributed by atoms with Crippen LogP contribution in [0.25, 0.3) is 11.3 Å².